The van der Waals surface area contributed by atoms with Crippen molar-refractivity contribution in [2.75, 3.05) is 26.7 Å². The van der Waals surface area contributed by atoms with Gasteiger partial charge < -0.3 is 5.32 Å². The number of halogens is 2. The Kier molecular flexibility index (Phi) is 6.00. The van der Waals surface area contributed by atoms with Crippen LogP contribution < -0.4 is 5.32 Å². The lowest BCUT2D eigenvalue weighted by molar-refractivity contribution is 0.161. The van der Waals surface area contributed by atoms with Gasteiger partial charge in [-0.25, -0.2) is 4.39 Å². The van der Waals surface area contributed by atoms with Crippen LogP contribution in [0.1, 0.15) is 37.8 Å². The van der Waals surface area contributed by atoms with E-state index >= 15 is 0 Å². The molecule has 0 aromatic heterocycles. The van der Waals surface area contributed by atoms with Gasteiger partial charge in [0.05, 0.1) is 0 Å². The molecule has 2 unspecified atom stereocenters. The van der Waals surface area contributed by atoms with Gasteiger partial charge in [0, 0.05) is 10.5 Å². The van der Waals surface area contributed by atoms with Gasteiger partial charge in [0.2, 0.25) is 0 Å². The molecule has 1 aromatic carbocycles. The van der Waals surface area contributed by atoms with Crippen molar-refractivity contribution in [3.8, 4) is 0 Å². The molecule has 1 saturated heterocycles. The lowest BCUT2D eigenvalue weighted by Gasteiger charge is -2.35. The van der Waals surface area contributed by atoms with Gasteiger partial charge in [-0.2, -0.15) is 0 Å². The van der Waals surface area contributed by atoms with E-state index in [2.05, 4.69) is 33.1 Å². The van der Waals surface area contributed by atoms with E-state index in [0.717, 1.165) is 29.7 Å². The molecule has 0 saturated carbocycles. The summed E-state index contributed by atoms with van der Waals surface area (Å²) in [6.07, 6.45) is 3.69. The molecule has 0 aliphatic carbocycles. The molecule has 0 bridgehead atoms. The van der Waals surface area contributed by atoms with Gasteiger partial charge in [-0.1, -0.05) is 29.3 Å². The van der Waals surface area contributed by atoms with Crippen molar-refractivity contribution in [3.05, 3.63) is 34.1 Å². The quantitative estimate of drug-likeness (QED) is 0.890. The molecule has 1 aliphatic rings. The number of rotatable bonds is 4. The van der Waals surface area contributed by atoms with Gasteiger partial charge in [-0.15, -0.1) is 0 Å². The fourth-order valence-corrected chi connectivity index (χ4v) is 3.82. The summed E-state index contributed by atoms with van der Waals surface area (Å²) in [5, 5.41) is 3.31. The zero-order valence-corrected chi connectivity index (χ0v) is 13.9. The highest BCUT2D eigenvalue weighted by atomic mass is 79.9. The smallest absolute Gasteiger partial charge is 0.123 e. The predicted octanol–water partition coefficient (Wildman–Crippen LogP) is 3.97. The van der Waals surface area contributed by atoms with Crippen LogP contribution in [0.15, 0.2) is 22.7 Å². The molecular weight excluding hydrogens is 319 g/mol. The summed E-state index contributed by atoms with van der Waals surface area (Å²) in [4.78, 5) is 2.49. The van der Waals surface area contributed by atoms with E-state index < -0.39 is 0 Å². The fourth-order valence-electron chi connectivity index (χ4n) is 3.34. The van der Waals surface area contributed by atoms with E-state index in [9.17, 15) is 4.39 Å². The normalized spacial score (nSPS) is 24.6. The minimum atomic E-state index is -0.147. The Morgan fingerprint density at radius 3 is 2.90 bits per heavy atom. The molecule has 1 N–H and O–H groups in total. The molecule has 20 heavy (non-hydrogen) atoms. The minimum absolute atomic E-state index is 0.147. The minimum Gasteiger partial charge on any atom is -0.319 e. The van der Waals surface area contributed by atoms with Crippen molar-refractivity contribution in [2.24, 2.45) is 5.92 Å². The summed E-state index contributed by atoms with van der Waals surface area (Å²) in [6.45, 7) is 5.28. The van der Waals surface area contributed by atoms with Gasteiger partial charge in [0.25, 0.3) is 0 Å². The van der Waals surface area contributed by atoms with Gasteiger partial charge in [-0.05, 0) is 69.2 Å². The van der Waals surface area contributed by atoms with Crippen LogP contribution >= 0.6 is 15.9 Å². The first-order chi connectivity index (χ1) is 9.67. The lowest BCUT2D eigenvalue weighted by Crippen LogP contribution is -2.36. The maximum atomic E-state index is 13.7. The largest absolute Gasteiger partial charge is 0.319 e. The van der Waals surface area contributed by atoms with Crippen LogP contribution in [0.2, 0.25) is 0 Å². The molecule has 112 valence electrons. The first-order valence-corrected chi connectivity index (χ1v) is 8.30. The summed E-state index contributed by atoms with van der Waals surface area (Å²) in [6, 6.07) is 5.35. The van der Waals surface area contributed by atoms with Crippen LogP contribution in [-0.4, -0.2) is 31.6 Å². The molecule has 2 rings (SSSR count). The maximum absolute atomic E-state index is 13.7. The molecule has 0 amide bonds. The standard InChI is InChI=1S/C16H24BrFN2/c1-3-20-9-5-4-6-12(11-19-2)16(20)14-10-13(18)7-8-15(14)17/h7-8,10,12,16,19H,3-6,9,11H2,1-2H3. The second kappa shape index (κ2) is 7.53. The van der Waals surface area contributed by atoms with Gasteiger partial charge in [0.1, 0.15) is 5.82 Å². The van der Waals surface area contributed by atoms with E-state index in [4.69, 9.17) is 0 Å². The SMILES string of the molecule is CCN1CCCCC(CNC)C1c1cc(F)ccc1Br. The highest BCUT2D eigenvalue weighted by Gasteiger charge is 2.31. The summed E-state index contributed by atoms with van der Waals surface area (Å²) < 4.78 is 14.7. The van der Waals surface area contributed by atoms with Crippen molar-refractivity contribution in [3.63, 3.8) is 0 Å². The third-order valence-electron chi connectivity index (χ3n) is 4.26. The maximum Gasteiger partial charge on any atom is 0.123 e. The second-order valence-corrected chi connectivity index (χ2v) is 6.41. The molecule has 1 fully saturated rings. The van der Waals surface area contributed by atoms with E-state index in [1.54, 1.807) is 6.07 Å². The van der Waals surface area contributed by atoms with Crippen molar-refractivity contribution in [1.82, 2.24) is 10.2 Å². The summed E-state index contributed by atoms with van der Waals surface area (Å²) in [5.74, 6) is 0.382. The molecule has 0 spiro atoms. The van der Waals surface area contributed by atoms with Crippen LogP contribution in [0.5, 0.6) is 0 Å². The molecule has 4 heteroatoms. The average molecular weight is 343 g/mol. The first kappa shape index (κ1) is 15.9. The summed E-state index contributed by atoms with van der Waals surface area (Å²) in [7, 11) is 2.00. The topological polar surface area (TPSA) is 15.3 Å². The van der Waals surface area contributed by atoms with E-state index in [1.807, 2.05) is 13.1 Å². The van der Waals surface area contributed by atoms with E-state index in [-0.39, 0.29) is 5.82 Å². The van der Waals surface area contributed by atoms with E-state index in [1.165, 1.54) is 25.3 Å². The van der Waals surface area contributed by atoms with Crippen LogP contribution in [0, 0.1) is 11.7 Å². The third-order valence-corrected chi connectivity index (χ3v) is 4.98. The van der Waals surface area contributed by atoms with Crippen molar-refractivity contribution in [1.29, 1.82) is 0 Å². The van der Waals surface area contributed by atoms with Crippen LogP contribution in [0.3, 0.4) is 0 Å². The monoisotopic (exact) mass is 342 g/mol. The molecule has 2 atom stereocenters. The Morgan fingerprint density at radius 1 is 1.40 bits per heavy atom. The fraction of sp³-hybridized carbons (Fsp3) is 0.625. The third kappa shape index (κ3) is 3.60. The van der Waals surface area contributed by atoms with Crippen molar-refractivity contribution < 1.29 is 4.39 Å². The Morgan fingerprint density at radius 2 is 2.20 bits per heavy atom. The molecule has 1 aliphatic heterocycles. The highest BCUT2D eigenvalue weighted by molar-refractivity contribution is 9.10. The number of likely N-dealkylation sites (tertiary alicyclic amines) is 1. The van der Waals surface area contributed by atoms with Crippen LogP contribution in [0.25, 0.3) is 0 Å². The Hall–Kier alpha value is -0.450. The van der Waals surface area contributed by atoms with Crippen molar-refractivity contribution >= 4 is 15.9 Å². The Balaban J connectivity index is 2.40. The first-order valence-electron chi connectivity index (χ1n) is 7.51. The van der Waals surface area contributed by atoms with Gasteiger partial charge >= 0.3 is 0 Å². The highest BCUT2D eigenvalue weighted by Crippen LogP contribution is 2.38. The molecule has 0 radical (unpaired) electrons. The van der Waals surface area contributed by atoms with Crippen molar-refractivity contribution in [2.45, 2.75) is 32.2 Å². The van der Waals surface area contributed by atoms with Gasteiger partial charge in [0.15, 0.2) is 0 Å². The zero-order chi connectivity index (χ0) is 14.5. The average Bonchev–Trinajstić information content (AvgIpc) is 2.64. The number of hydrogen-bond donors (Lipinski definition) is 1. The summed E-state index contributed by atoms with van der Waals surface area (Å²) in [5.41, 5.74) is 1.09. The lowest BCUT2D eigenvalue weighted by atomic mass is 9.89. The number of nitrogens with one attached hydrogen (secondary N) is 1. The molecule has 2 nitrogen and oxygen atoms in total. The van der Waals surface area contributed by atoms with E-state index in [0.29, 0.717) is 12.0 Å². The molecular formula is C16H24BrFN2. The Labute approximate surface area is 129 Å². The number of nitrogens with zero attached hydrogens (tertiary/aromatic N) is 1. The zero-order valence-electron chi connectivity index (χ0n) is 12.3. The van der Waals surface area contributed by atoms with Crippen LogP contribution in [0.4, 0.5) is 4.39 Å². The predicted molar refractivity (Wildman–Crippen MR) is 85.4 cm³/mol. The van der Waals surface area contributed by atoms with Crippen LogP contribution in [-0.2, 0) is 0 Å². The number of hydrogen-bond acceptors (Lipinski definition) is 2. The molecule has 1 aromatic rings. The Bertz CT molecular complexity index is 438. The summed E-state index contributed by atoms with van der Waals surface area (Å²) >= 11 is 3.61. The second-order valence-electron chi connectivity index (χ2n) is 5.55. The molecule has 1 heterocycles. The van der Waals surface area contributed by atoms with Gasteiger partial charge in [-0.3, -0.25) is 4.90 Å². The number of benzene rings is 1.